The Morgan fingerprint density at radius 2 is 2.26 bits per heavy atom. The van der Waals surface area contributed by atoms with Crippen molar-refractivity contribution < 1.29 is 13.9 Å². The zero-order valence-electron chi connectivity index (χ0n) is 9.88. The predicted molar refractivity (Wildman–Crippen MR) is 71.4 cm³/mol. The summed E-state index contributed by atoms with van der Waals surface area (Å²) in [6.07, 6.45) is 4.50. The number of hydrazone groups is 1. The van der Waals surface area contributed by atoms with E-state index in [1.54, 1.807) is 30.3 Å². The van der Waals surface area contributed by atoms with Gasteiger partial charge in [0.2, 0.25) is 0 Å². The van der Waals surface area contributed by atoms with Gasteiger partial charge in [0.15, 0.2) is 6.61 Å². The van der Waals surface area contributed by atoms with Gasteiger partial charge in [-0.25, -0.2) is 5.43 Å². The van der Waals surface area contributed by atoms with E-state index in [1.165, 1.54) is 18.7 Å². The van der Waals surface area contributed by atoms with Crippen LogP contribution in [-0.2, 0) is 4.79 Å². The molecular weight excluding hydrogens is 268 g/mol. The Morgan fingerprint density at radius 1 is 1.42 bits per heavy atom. The zero-order chi connectivity index (χ0) is 13.5. The van der Waals surface area contributed by atoms with Crippen molar-refractivity contribution in [3.8, 4) is 5.75 Å². The SMILES string of the molecule is O=C(COc1ccccc1Cl)N/N=C/c1ccoc1. The van der Waals surface area contributed by atoms with Crippen LogP contribution in [0.5, 0.6) is 5.75 Å². The molecule has 1 amide bonds. The minimum atomic E-state index is -0.375. The number of carbonyl (C=O) groups is 1. The molecule has 1 aromatic heterocycles. The number of hydrogen-bond donors (Lipinski definition) is 1. The first kappa shape index (κ1) is 13.2. The minimum absolute atomic E-state index is 0.160. The quantitative estimate of drug-likeness (QED) is 0.675. The van der Waals surface area contributed by atoms with E-state index in [9.17, 15) is 4.79 Å². The predicted octanol–water partition coefficient (Wildman–Crippen LogP) is 2.46. The molecule has 0 radical (unpaired) electrons. The molecule has 5 nitrogen and oxygen atoms in total. The standard InChI is InChI=1S/C13H11ClN2O3/c14-11-3-1-2-4-12(11)19-9-13(17)16-15-7-10-5-6-18-8-10/h1-8H,9H2,(H,16,17)/b15-7+. The summed E-state index contributed by atoms with van der Waals surface area (Å²) in [6, 6.07) is 8.65. The number of furan rings is 1. The average Bonchev–Trinajstić information content (AvgIpc) is 2.91. The molecule has 1 heterocycles. The van der Waals surface area contributed by atoms with Gasteiger partial charge in [0.1, 0.15) is 5.75 Å². The topological polar surface area (TPSA) is 63.8 Å². The van der Waals surface area contributed by atoms with Crippen molar-refractivity contribution in [1.29, 1.82) is 0 Å². The Bertz CT molecular complexity index is 567. The lowest BCUT2D eigenvalue weighted by atomic mass is 10.3. The van der Waals surface area contributed by atoms with Gasteiger partial charge in [-0.15, -0.1) is 0 Å². The highest BCUT2D eigenvalue weighted by Gasteiger charge is 2.03. The maximum Gasteiger partial charge on any atom is 0.277 e. The summed E-state index contributed by atoms with van der Waals surface area (Å²) in [7, 11) is 0. The van der Waals surface area contributed by atoms with Gasteiger partial charge in [-0.3, -0.25) is 4.79 Å². The van der Waals surface area contributed by atoms with Crippen LogP contribution in [-0.4, -0.2) is 18.7 Å². The third kappa shape index (κ3) is 4.15. The lowest BCUT2D eigenvalue weighted by Gasteiger charge is -2.05. The van der Waals surface area contributed by atoms with Gasteiger partial charge in [-0.1, -0.05) is 23.7 Å². The fourth-order valence-corrected chi connectivity index (χ4v) is 1.45. The Hall–Kier alpha value is -2.27. The largest absolute Gasteiger partial charge is 0.482 e. The number of ether oxygens (including phenoxy) is 1. The van der Waals surface area contributed by atoms with Gasteiger partial charge in [0, 0.05) is 5.56 Å². The lowest BCUT2D eigenvalue weighted by molar-refractivity contribution is -0.123. The Kier molecular flexibility index (Phi) is 4.58. The van der Waals surface area contributed by atoms with E-state index in [0.29, 0.717) is 10.8 Å². The van der Waals surface area contributed by atoms with Crippen molar-refractivity contribution in [3.05, 3.63) is 53.4 Å². The highest BCUT2D eigenvalue weighted by atomic mass is 35.5. The Labute approximate surface area is 114 Å². The monoisotopic (exact) mass is 278 g/mol. The van der Waals surface area contributed by atoms with Crippen LogP contribution >= 0.6 is 11.6 Å². The summed E-state index contributed by atoms with van der Waals surface area (Å²) in [6.45, 7) is -0.160. The van der Waals surface area contributed by atoms with Crippen molar-refractivity contribution >= 4 is 23.7 Å². The van der Waals surface area contributed by atoms with E-state index in [1.807, 2.05) is 0 Å². The molecule has 6 heteroatoms. The fourth-order valence-electron chi connectivity index (χ4n) is 1.26. The van der Waals surface area contributed by atoms with Gasteiger partial charge in [-0.2, -0.15) is 5.10 Å². The molecule has 1 aromatic carbocycles. The van der Waals surface area contributed by atoms with Crippen LogP contribution < -0.4 is 10.2 Å². The molecular formula is C13H11ClN2O3. The first-order valence-corrected chi connectivity index (χ1v) is 5.85. The van der Waals surface area contributed by atoms with Gasteiger partial charge >= 0.3 is 0 Å². The van der Waals surface area contributed by atoms with Crippen molar-refractivity contribution in [2.75, 3.05) is 6.61 Å². The van der Waals surface area contributed by atoms with Crippen LogP contribution in [0.3, 0.4) is 0 Å². The summed E-state index contributed by atoms with van der Waals surface area (Å²) < 4.78 is 10.1. The molecule has 1 N–H and O–H groups in total. The van der Waals surface area contributed by atoms with E-state index < -0.39 is 0 Å². The van der Waals surface area contributed by atoms with Gasteiger partial charge in [0.25, 0.3) is 5.91 Å². The van der Waals surface area contributed by atoms with Crippen molar-refractivity contribution in [1.82, 2.24) is 5.43 Å². The fraction of sp³-hybridized carbons (Fsp3) is 0.0769. The van der Waals surface area contributed by atoms with Crippen LogP contribution in [0.4, 0.5) is 0 Å². The number of carbonyl (C=O) groups excluding carboxylic acids is 1. The molecule has 0 aliphatic rings. The van der Waals surface area contributed by atoms with Crippen LogP contribution in [0.2, 0.25) is 5.02 Å². The first-order valence-electron chi connectivity index (χ1n) is 5.47. The first-order chi connectivity index (χ1) is 9.25. The van der Waals surface area contributed by atoms with Gasteiger partial charge in [-0.05, 0) is 18.2 Å². The third-order valence-corrected chi connectivity index (χ3v) is 2.45. The number of halogens is 1. The van der Waals surface area contributed by atoms with Crippen molar-refractivity contribution in [2.45, 2.75) is 0 Å². The van der Waals surface area contributed by atoms with Crippen molar-refractivity contribution in [2.24, 2.45) is 5.10 Å². The van der Waals surface area contributed by atoms with E-state index in [4.69, 9.17) is 20.8 Å². The highest BCUT2D eigenvalue weighted by molar-refractivity contribution is 6.32. The normalized spacial score (nSPS) is 10.6. The van der Waals surface area contributed by atoms with Crippen LogP contribution in [0, 0.1) is 0 Å². The Morgan fingerprint density at radius 3 is 3.00 bits per heavy atom. The van der Waals surface area contributed by atoms with E-state index >= 15 is 0 Å². The second-order valence-corrected chi connectivity index (χ2v) is 3.98. The van der Waals surface area contributed by atoms with E-state index in [0.717, 1.165) is 5.56 Å². The summed E-state index contributed by atoms with van der Waals surface area (Å²) in [4.78, 5) is 11.4. The van der Waals surface area contributed by atoms with Gasteiger partial charge in [0.05, 0.1) is 23.8 Å². The number of para-hydroxylation sites is 1. The molecule has 0 aliphatic heterocycles. The van der Waals surface area contributed by atoms with E-state index in [2.05, 4.69) is 10.5 Å². The number of nitrogens with zero attached hydrogens (tertiary/aromatic N) is 1. The second-order valence-electron chi connectivity index (χ2n) is 3.57. The number of amides is 1. The molecule has 2 aromatic rings. The lowest BCUT2D eigenvalue weighted by Crippen LogP contribution is -2.24. The van der Waals surface area contributed by atoms with Crippen molar-refractivity contribution in [3.63, 3.8) is 0 Å². The summed E-state index contributed by atoms with van der Waals surface area (Å²) in [5.74, 6) is 0.0813. The van der Waals surface area contributed by atoms with Crippen LogP contribution in [0.25, 0.3) is 0 Å². The van der Waals surface area contributed by atoms with Gasteiger partial charge < -0.3 is 9.15 Å². The molecule has 0 saturated heterocycles. The average molecular weight is 279 g/mol. The molecule has 0 bridgehead atoms. The smallest absolute Gasteiger partial charge is 0.277 e. The van der Waals surface area contributed by atoms with Crippen LogP contribution in [0.15, 0.2) is 52.4 Å². The van der Waals surface area contributed by atoms with Crippen LogP contribution in [0.1, 0.15) is 5.56 Å². The molecule has 0 saturated carbocycles. The second kappa shape index (κ2) is 6.61. The zero-order valence-corrected chi connectivity index (χ0v) is 10.6. The molecule has 0 unspecified atom stereocenters. The number of rotatable bonds is 5. The molecule has 19 heavy (non-hydrogen) atoms. The Balaban J connectivity index is 1.78. The summed E-state index contributed by atoms with van der Waals surface area (Å²) in [5, 5.41) is 4.21. The number of hydrogen-bond acceptors (Lipinski definition) is 4. The molecule has 2 rings (SSSR count). The number of nitrogens with one attached hydrogen (secondary N) is 1. The molecule has 0 fully saturated rings. The maximum atomic E-state index is 11.4. The molecule has 0 atom stereocenters. The maximum absolute atomic E-state index is 11.4. The summed E-state index contributed by atoms with van der Waals surface area (Å²) >= 11 is 5.88. The summed E-state index contributed by atoms with van der Waals surface area (Å²) in [5.41, 5.74) is 3.09. The van der Waals surface area contributed by atoms with E-state index in [-0.39, 0.29) is 12.5 Å². The molecule has 0 spiro atoms. The minimum Gasteiger partial charge on any atom is -0.482 e. The highest BCUT2D eigenvalue weighted by Crippen LogP contribution is 2.22. The number of benzene rings is 1. The third-order valence-electron chi connectivity index (χ3n) is 2.14. The molecule has 98 valence electrons. The molecule has 0 aliphatic carbocycles.